The minimum Gasteiger partial charge on any atom is -0.367 e. The Balaban J connectivity index is 1.50. The van der Waals surface area contributed by atoms with Crippen LogP contribution in [0, 0.1) is 0 Å². The van der Waals surface area contributed by atoms with Gasteiger partial charge in [-0.15, -0.1) is 11.3 Å². The predicted molar refractivity (Wildman–Crippen MR) is 90.0 cm³/mol. The van der Waals surface area contributed by atoms with E-state index in [4.69, 9.17) is 4.74 Å². The topological polar surface area (TPSA) is 99.8 Å². The summed E-state index contributed by atoms with van der Waals surface area (Å²) in [4.78, 5) is 26.1. The molecule has 9 heteroatoms. The van der Waals surface area contributed by atoms with Crippen LogP contribution in [-0.2, 0) is 17.7 Å². The Morgan fingerprint density at radius 1 is 1.42 bits per heavy atom. The highest BCUT2D eigenvalue weighted by Gasteiger charge is 2.25. The Kier molecular flexibility index (Phi) is 4.13. The van der Waals surface area contributed by atoms with Crippen LogP contribution in [0.2, 0.25) is 0 Å². The van der Waals surface area contributed by atoms with E-state index in [-0.39, 0.29) is 11.7 Å². The summed E-state index contributed by atoms with van der Waals surface area (Å²) in [5, 5.41) is 9.05. The number of aryl methyl sites for hydroxylation is 1. The van der Waals surface area contributed by atoms with Gasteiger partial charge in [-0.1, -0.05) is 6.92 Å². The smallest absolute Gasteiger partial charge is 0.268 e. The Morgan fingerprint density at radius 3 is 3.17 bits per heavy atom. The number of nitrogens with zero attached hydrogens (tertiary/aromatic N) is 4. The molecule has 4 heterocycles. The first-order chi connectivity index (χ1) is 11.7. The molecule has 24 heavy (non-hydrogen) atoms. The Hall–Kier alpha value is -2.10. The fourth-order valence-electron chi connectivity index (χ4n) is 2.82. The molecule has 0 aliphatic carbocycles. The number of rotatable bonds is 4. The molecule has 0 saturated carbocycles. The van der Waals surface area contributed by atoms with Crippen molar-refractivity contribution in [3.8, 4) is 0 Å². The van der Waals surface area contributed by atoms with E-state index >= 15 is 0 Å². The van der Waals surface area contributed by atoms with Gasteiger partial charge in [0.2, 0.25) is 0 Å². The van der Waals surface area contributed by atoms with Crippen LogP contribution < -0.4 is 5.56 Å². The zero-order valence-corrected chi connectivity index (χ0v) is 14.1. The highest BCUT2D eigenvalue weighted by Crippen LogP contribution is 2.20. The van der Waals surface area contributed by atoms with Gasteiger partial charge in [0.15, 0.2) is 5.82 Å². The van der Waals surface area contributed by atoms with Crippen molar-refractivity contribution in [2.45, 2.75) is 26.0 Å². The van der Waals surface area contributed by atoms with Gasteiger partial charge in [-0.05, 0) is 11.4 Å². The lowest BCUT2D eigenvalue weighted by atomic mass is 10.2. The van der Waals surface area contributed by atoms with Crippen LogP contribution in [0.15, 0.2) is 16.2 Å². The maximum atomic E-state index is 12.1. The molecule has 0 unspecified atom stereocenters. The molecule has 8 nitrogen and oxygen atoms in total. The van der Waals surface area contributed by atoms with Gasteiger partial charge >= 0.3 is 0 Å². The van der Waals surface area contributed by atoms with Crippen LogP contribution in [0.25, 0.3) is 10.2 Å². The van der Waals surface area contributed by atoms with Crippen LogP contribution in [0.5, 0.6) is 0 Å². The van der Waals surface area contributed by atoms with Crippen molar-refractivity contribution in [2.24, 2.45) is 0 Å². The molecule has 1 aliphatic heterocycles. The van der Waals surface area contributed by atoms with Crippen molar-refractivity contribution >= 4 is 21.6 Å². The third-order valence-electron chi connectivity index (χ3n) is 4.06. The van der Waals surface area contributed by atoms with E-state index in [2.05, 4.69) is 30.0 Å². The van der Waals surface area contributed by atoms with Gasteiger partial charge in [0.1, 0.15) is 22.5 Å². The number of hydrogen-bond acceptors (Lipinski definition) is 7. The zero-order valence-electron chi connectivity index (χ0n) is 13.3. The fraction of sp³-hybridized carbons (Fsp3) is 0.467. The van der Waals surface area contributed by atoms with Crippen LogP contribution in [0.1, 0.15) is 30.5 Å². The normalized spacial score (nSPS) is 19.1. The molecule has 0 aromatic carbocycles. The highest BCUT2D eigenvalue weighted by molar-refractivity contribution is 7.17. The molecule has 0 spiro atoms. The second kappa shape index (κ2) is 6.42. The average Bonchev–Trinajstić information content (AvgIpc) is 3.24. The molecule has 2 N–H and O–H groups in total. The van der Waals surface area contributed by atoms with E-state index < -0.39 is 0 Å². The summed E-state index contributed by atoms with van der Waals surface area (Å²) in [6.07, 6.45) is 0.654. The lowest BCUT2D eigenvalue weighted by Gasteiger charge is -2.31. The number of H-pyrrole nitrogens is 2. The number of ether oxygens (including phenoxy) is 1. The molecule has 4 rings (SSSR count). The molecule has 0 amide bonds. The van der Waals surface area contributed by atoms with E-state index in [0.29, 0.717) is 36.0 Å². The third-order valence-corrected chi connectivity index (χ3v) is 4.96. The van der Waals surface area contributed by atoms with Crippen molar-refractivity contribution in [3.05, 3.63) is 39.3 Å². The minimum atomic E-state index is -0.160. The van der Waals surface area contributed by atoms with Crippen molar-refractivity contribution in [1.29, 1.82) is 0 Å². The van der Waals surface area contributed by atoms with Crippen molar-refractivity contribution < 1.29 is 4.74 Å². The van der Waals surface area contributed by atoms with Crippen LogP contribution in [0.3, 0.4) is 0 Å². The molecule has 3 aromatic heterocycles. The third kappa shape index (κ3) is 2.97. The first-order valence-electron chi connectivity index (χ1n) is 7.94. The van der Waals surface area contributed by atoms with Crippen molar-refractivity contribution in [2.75, 3.05) is 19.7 Å². The lowest BCUT2D eigenvalue weighted by molar-refractivity contribution is -0.0378. The minimum absolute atomic E-state index is 0.0728. The van der Waals surface area contributed by atoms with Gasteiger partial charge in [0.05, 0.1) is 18.7 Å². The van der Waals surface area contributed by atoms with Gasteiger partial charge in [0.25, 0.3) is 5.56 Å². The summed E-state index contributed by atoms with van der Waals surface area (Å²) in [6.45, 7) is 4.66. The zero-order chi connectivity index (χ0) is 16.5. The molecule has 126 valence electrons. The molecule has 1 fully saturated rings. The maximum Gasteiger partial charge on any atom is 0.268 e. The van der Waals surface area contributed by atoms with E-state index in [1.165, 1.54) is 11.3 Å². The predicted octanol–water partition coefficient (Wildman–Crippen LogP) is 1.24. The van der Waals surface area contributed by atoms with E-state index in [0.717, 1.165) is 24.3 Å². The van der Waals surface area contributed by atoms with E-state index in [9.17, 15) is 4.79 Å². The van der Waals surface area contributed by atoms with Crippen LogP contribution in [-0.4, -0.2) is 49.7 Å². The molecule has 1 atom stereocenters. The second-order valence-corrected chi connectivity index (χ2v) is 6.65. The van der Waals surface area contributed by atoms with Gasteiger partial charge in [-0.3, -0.25) is 14.8 Å². The van der Waals surface area contributed by atoms with E-state index in [1.807, 2.05) is 18.4 Å². The van der Waals surface area contributed by atoms with Gasteiger partial charge in [-0.25, -0.2) is 9.97 Å². The second-order valence-electron chi connectivity index (χ2n) is 5.74. The largest absolute Gasteiger partial charge is 0.367 e. The van der Waals surface area contributed by atoms with Gasteiger partial charge in [0, 0.05) is 19.5 Å². The Bertz CT molecular complexity index is 901. The summed E-state index contributed by atoms with van der Waals surface area (Å²) in [5.41, 5.74) is 0.682. The number of morpholine rings is 1. The summed E-state index contributed by atoms with van der Waals surface area (Å²) < 4.78 is 6.47. The molecule has 3 aromatic rings. The molecule has 0 radical (unpaired) electrons. The quantitative estimate of drug-likeness (QED) is 0.737. The number of hydrogen-bond donors (Lipinski definition) is 2. The number of nitrogens with one attached hydrogen (secondary N) is 2. The van der Waals surface area contributed by atoms with Crippen molar-refractivity contribution in [3.63, 3.8) is 0 Å². The number of thiophene rings is 1. The lowest BCUT2D eigenvalue weighted by Crippen LogP contribution is -2.38. The Labute approximate surface area is 141 Å². The monoisotopic (exact) mass is 346 g/mol. The average molecular weight is 346 g/mol. The maximum absolute atomic E-state index is 12.1. The van der Waals surface area contributed by atoms with Crippen LogP contribution >= 0.6 is 11.3 Å². The molecular formula is C15H18N6O2S. The van der Waals surface area contributed by atoms with Gasteiger partial charge in [-0.2, -0.15) is 5.10 Å². The molecular weight excluding hydrogens is 328 g/mol. The summed E-state index contributed by atoms with van der Waals surface area (Å²) in [7, 11) is 0. The van der Waals surface area contributed by atoms with Gasteiger partial charge < -0.3 is 9.72 Å². The highest BCUT2D eigenvalue weighted by atomic mass is 32.1. The standard InChI is InChI=1S/C15H18N6O2S/c1-2-11-17-14(20-19-11)10-7-21(4-5-23-10)8-12-16-9-3-6-24-13(9)15(22)18-12/h3,6,10H,2,4-5,7-8H2,1H3,(H,16,18,22)(H,17,19,20)/t10-/m0/s1. The number of aromatic nitrogens is 5. The van der Waals surface area contributed by atoms with Crippen molar-refractivity contribution in [1.82, 2.24) is 30.0 Å². The number of aromatic amines is 2. The summed E-state index contributed by atoms with van der Waals surface area (Å²) >= 11 is 1.41. The first kappa shape index (κ1) is 15.4. The SMILES string of the molecule is CCc1nc([C@@H]2CN(Cc3nc4ccsc4c(=O)[nH]3)CCO2)n[nH]1. The van der Waals surface area contributed by atoms with E-state index in [1.54, 1.807) is 0 Å². The molecule has 1 aliphatic rings. The fourth-order valence-corrected chi connectivity index (χ4v) is 3.55. The number of fused-ring (bicyclic) bond motifs is 1. The molecule has 1 saturated heterocycles. The first-order valence-corrected chi connectivity index (χ1v) is 8.82. The Morgan fingerprint density at radius 2 is 2.33 bits per heavy atom. The summed E-state index contributed by atoms with van der Waals surface area (Å²) in [6, 6.07) is 1.88. The molecule has 0 bridgehead atoms. The van der Waals surface area contributed by atoms with Crippen LogP contribution in [0.4, 0.5) is 0 Å². The summed E-state index contributed by atoms with van der Waals surface area (Å²) in [5.74, 6) is 2.22.